The van der Waals surface area contributed by atoms with E-state index in [4.69, 9.17) is 0 Å². The molecule has 7 heteroatoms. The predicted octanol–water partition coefficient (Wildman–Crippen LogP) is 3.18. The molecule has 4 rings (SSSR count). The summed E-state index contributed by atoms with van der Waals surface area (Å²) in [5.74, 6) is 0.532. The van der Waals surface area contributed by atoms with Crippen molar-refractivity contribution in [2.45, 2.75) is 36.6 Å². The minimum atomic E-state index is -0.426. The van der Waals surface area contributed by atoms with Gasteiger partial charge in [0.2, 0.25) is 11.8 Å². The molecule has 6 nitrogen and oxygen atoms in total. The molecule has 27 heavy (non-hydrogen) atoms. The molecule has 1 aliphatic rings. The Morgan fingerprint density at radius 2 is 2.00 bits per heavy atom. The summed E-state index contributed by atoms with van der Waals surface area (Å²) in [6, 6.07) is 15.6. The second kappa shape index (κ2) is 7.44. The highest BCUT2D eigenvalue weighted by atomic mass is 32.2. The molecule has 0 saturated carbocycles. The van der Waals surface area contributed by atoms with E-state index in [0.717, 1.165) is 34.0 Å². The Morgan fingerprint density at radius 1 is 1.22 bits per heavy atom. The van der Waals surface area contributed by atoms with Gasteiger partial charge in [0.1, 0.15) is 5.82 Å². The number of carbonyl (C=O) groups is 2. The van der Waals surface area contributed by atoms with E-state index in [0.29, 0.717) is 6.54 Å². The number of benzene rings is 2. The maximum absolute atomic E-state index is 12.4. The number of anilines is 1. The fraction of sp³-hybridized carbons (Fsp3) is 0.250. The Morgan fingerprint density at radius 3 is 2.85 bits per heavy atom. The zero-order chi connectivity index (χ0) is 18.8. The van der Waals surface area contributed by atoms with Crippen molar-refractivity contribution in [1.29, 1.82) is 0 Å². The molecule has 3 aromatic rings. The highest BCUT2D eigenvalue weighted by Crippen LogP contribution is 2.36. The van der Waals surface area contributed by atoms with E-state index in [-0.39, 0.29) is 18.2 Å². The van der Waals surface area contributed by atoms with Crippen LogP contribution in [-0.2, 0) is 22.7 Å². The van der Waals surface area contributed by atoms with Crippen molar-refractivity contribution in [2.75, 3.05) is 5.32 Å². The molecule has 0 fully saturated rings. The summed E-state index contributed by atoms with van der Waals surface area (Å²) in [6.07, 6.45) is 0.136. The molecular formula is C20H20N4O2S. The third kappa shape index (κ3) is 3.55. The maximum atomic E-state index is 12.4. The fourth-order valence-corrected chi connectivity index (χ4v) is 4.37. The first kappa shape index (κ1) is 17.6. The van der Waals surface area contributed by atoms with Crippen LogP contribution in [0.3, 0.4) is 0 Å². The molecule has 2 amide bonds. The van der Waals surface area contributed by atoms with Crippen molar-refractivity contribution in [1.82, 2.24) is 14.9 Å². The SMILES string of the molecule is CCn1c(CNC(=O)C[C@H]2Sc3ccccc3NC2=O)nc2ccccc21. The van der Waals surface area contributed by atoms with Crippen LogP contribution in [0, 0.1) is 0 Å². The van der Waals surface area contributed by atoms with Crippen LogP contribution in [0.1, 0.15) is 19.2 Å². The lowest BCUT2D eigenvalue weighted by molar-refractivity contribution is -0.124. The molecule has 0 saturated heterocycles. The van der Waals surface area contributed by atoms with Crippen molar-refractivity contribution in [3.8, 4) is 0 Å². The first-order valence-corrected chi connectivity index (χ1v) is 9.81. The molecule has 0 spiro atoms. The number of nitrogens with zero attached hydrogens (tertiary/aromatic N) is 2. The topological polar surface area (TPSA) is 76.0 Å². The van der Waals surface area contributed by atoms with E-state index in [2.05, 4.69) is 27.1 Å². The number of imidazole rings is 1. The van der Waals surface area contributed by atoms with Gasteiger partial charge >= 0.3 is 0 Å². The van der Waals surface area contributed by atoms with Gasteiger partial charge in [-0.15, -0.1) is 11.8 Å². The van der Waals surface area contributed by atoms with Crippen LogP contribution in [0.25, 0.3) is 11.0 Å². The van der Waals surface area contributed by atoms with Crippen molar-refractivity contribution in [2.24, 2.45) is 0 Å². The molecule has 0 unspecified atom stereocenters. The zero-order valence-electron chi connectivity index (χ0n) is 14.9. The van der Waals surface area contributed by atoms with E-state index >= 15 is 0 Å². The summed E-state index contributed by atoms with van der Waals surface area (Å²) in [6.45, 7) is 3.18. The number of amides is 2. The molecule has 2 aromatic carbocycles. The van der Waals surface area contributed by atoms with Gasteiger partial charge in [-0.25, -0.2) is 4.98 Å². The number of hydrogen-bond acceptors (Lipinski definition) is 4. The summed E-state index contributed by atoms with van der Waals surface area (Å²) >= 11 is 1.43. The average molecular weight is 380 g/mol. The van der Waals surface area contributed by atoms with Gasteiger partial charge in [-0.2, -0.15) is 0 Å². The number of carbonyl (C=O) groups excluding carboxylic acids is 2. The van der Waals surface area contributed by atoms with Crippen molar-refractivity contribution < 1.29 is 9.59 Å². The lowest BCUT2D eigenvalue weighted by atomic mass is 10.2. The number of aromatic nitrogens is 2. The van der Waals surface area contributed by atoms with Crippen molar-refractivity contribution >= 4 is 40.3 Å². The second-order valence-electron chi connectivity index (χ2n) is 6.33. The summed E-state index contributed by atoms with van der Waals surface area (Å²) in [5, 5.41) is 5.35. The van der Waals surface area contributed by atoms with Crippen LogP contribution < -0.4 is 10.6 Å². The zero-order valence-corrected chi connectivity index (χ0v) is 15.8. The minimum Gasteiger partial charge on any atom is -0.349 e. The number of rotatable bonds is 5. The number of para-hydroxylation sites is 3. The van der Waals surface area contributed by atoms with Gasteiger partial charge < -0.3 is 15.2 Å². The molecule has 0 aliphatic carbocycles. The molecule has 0 radical (unpaired) electrons. The molecule has 2 heterocycles. The summed E-state index contributed by atoms with van der Waals surface area (Å²) in [4.78, 5) is 30.3. The maximum Gasteiger partial charge on any atom is 0.238 e. The average Bonchev–Trinajstić information content (AvgIpc) is 3.04. The van der Waals surface area contributed by atoms with E-state index in [1.54, 1.807) is 0 Å². The van der Waals surface area contributed by atoms with Crippen LogP contribution in [0.4, 0.5) is 5.69 Å². The van der Waals surface area contributed by atoms with Gasteiger partial charge in [0.25, 0.3) is 0 Å². The standard InChI is InChI=1S/C20H20N4O2S/c1-2-24-15-9-5-3-7-13(15)22-18(24)12-21-19(25)11-17-20(26)23-14-8-4-6-10-16(14)27-17/h3-10,17H,2,11-12H2,1H3,(H,21,25)(H,23,26)/t17-/m1/s1. The van der Waals surface area contributed by atoms with Crippen LogP contribution in [-0.4, -0.2) is 26.6 Å². The molecule has 1 aliphatic heterocycles. The largest absolute Gasteiger partial charge is 0.349 e. The molecular weight excluding hydrogens is 360 g/mol. The summed E-state index contributed by atoms with van der Waals surface area (Å²) in [7, 11) is 0. The summed E-state index contributed by atoms with van der Waals surface area (Å²) in [5.41, 5.74) is 2.78. The Balaban J connectivity index is 1.41. The monoisotopic (exact) mass is 380 g/mol. The van der Waals surface area contributed by atoms with Gasteiger partial charge in [-0.3, -0.25) is 9.59 Å². The Labute approximate surface area is 161 Å². The Bertz CT molecular complexity index is 1010. The molecule has 1 aromatic heterocycles. The first-order valence-electron chi connectivity index (χ1n) is 8.93. The molecule has 2 N–H and O–H groups in total. The smallest absolute Gasteiger partial charge is 0.238 e. The number of fused-ring (bicyclic) bond motifs is 2. The second-order valence-corrected chi connectivity index (χ2v) is 7.58. The predicted molar refractivity (Wildman–Crippen MR) is 107 cm³/mol. The molecule has 0 bridgehead atoms. The normalized spacial score (nSPS) is 16.0. The van der Waals surface area contributed by atoms with E-state index < -0.39 is 5.25 Å². The van der Waals surface area contributed by atoms with Gasteiger partial charge in [-0.1, -0.05) is 24.3 Å². The third-order valence-corrected chi connectivity index (χ3v) is 5.85. The summed E-state index contributed by atoms with van der Waals surface area (Å²) < 4.78 is 2.09. The lowest BCUT2D eigenvalue weighted by Crippen LogP contribution is -2.35. The van der Waals surface area contributed by atoms with Gasteiger partial charge in [0, 0.05) is 17.9 Å². The van der Waals surface area contributed by atoms with E-state index in [1.165, 1.54) is 11.8 Å². The lowest BCUT2D eigenvalue weighted by Gasteiger charge is -2.23. The quantitative estimate of drug-likeness (QED) is 0.713. The van der Waals surface area contributed by atoms with Gasteiger partial charge in [0.05, 0.1) is 28.5 Å². The number of hydrogen-bond donors (Lipinski definition) is 2. The third-order valence-electron chi connectivity index (χ3n) is 4.57. The highest BCUT2D eigenvalue weighted by Gasteiger charge is 2.28. The van der Waals surface area contributed by atoms with Crippen molar-refractivity contribution in [3.63, 3.8) is 0 Å². The van der Waals surface area contributed by atoms with E-state index in [1.807, 2.05) is 48.5 Å². The molecule has 138 valence electrons. The number of aryl methyl sites for hydroxylation is 1. The number of thioether (sulfide) groups is 1. The van der Waals surface area contributed by atoms with Crippen LogP contribution >= 0.6 is 11.8 Å². The van der Waals surface area contributed by atoms with Gasteiger partial charge in [-0.05, 0) is 31.2 Å². The van der Waals surface area contributed by atoms with Crippen LogP contribution in [0.15, 0.2) is 53.4 Å². The minimum absolute atomic E-state index is 0.130. The van der Waals surface area contributed by atoms with Crippen molar-refractivity contribution in [3.05, 3.63) is 54.4 Å². The Hall–Kier alpha value is -2.80. The van der Waals surface area contributed by atoms with Gasteiger partial charge in [0.15, 0.2) is 0 Å². The Kier molecular flexibility index (Phi) is 4.85. The fourth-order valence-electron chi connectivity index (χ4n) is 3.26. The highest BCUT2D eigenvalue weighted by molar-refractivity contribution is 8.01. The van der Waals surface area contributed by atoms with Crippen LogP contribution in [0.5, 0.6) is 0 Å². The first-order chi connectivity index (χ1) is 13.2. The number of nitrogens with one attached hydrogen (secondary N) is 2. The molecule has 1 atom stereocenters. The van der Waals surface area contributed by atoms with Crippen LogP contribution in [0.2, 0.25) is 0 Å². The van der Waals surface area contributed by atoms with E-state index in [9.17, 15) is 9.59 Å².